The molecule has 0 aliphatic carbocycles. The van der Waals surface area contributed by atoms with Crippen LogP contribution in [0.4, 0.5) is 4.39 Å². The number of benzene rings is 1. The standard InChI is InChI=1S/C15H18ClFN2S/c1-9(2)5-13-14(8-18)20-15(19-13)6-10-3-4-11(17)7-12(10)16/h3-4,7,9H,5-6,8,18H2,1-2H3. The highest BCUT2D eigenvalue weighted by Crippen LogP contribution is 2.26. The van der Waals surface area contributed by atoms with Gasteiger partial charge in [-0.3, -0.25) is 0 Å². The summed E-state index contributed by atoms with van der Waals surface area (Å²) in [5.74, 6) is 0.227. The van der Waals surface area contributed by atoms with Gasteiger partial charge in [-0.15, -0.1) is 11.3 Å². The molecule has 1 aromatic carbocycles. The minimum Gasteiger partial charge on any atom is -0.326 e. The Bertz CT molecular complexity index is 596. The molecule has 0 spiro atoms. The molecule has 1 heterocycles. The molecular formula is C15H18ClFN2S. The van der Waals surface area contributed by atoms with Crippen LogP contribution in [0.5, 0.6) is 0 Å². The lowest BCUT2D eigenvalue weighted by Gasteiger charge is -2.03. The molecule has 2 N–H and O–H groups in total. The summed E-state index contributed by atoms with van der Waals surface area (Å²) in [6.45, 7) is 4.84. The fraction of sp³-hybridized carbons (Fsp3) is 0.400. The van der Waals surface area contributed by atoms with Crippen LogP contribution in [0.1, 0.15) is 35.0 Å². The van der Waals surface area contributed by atoms with Gasteiger partial charge >= 0.3 is 0 Å². The first kappa shape index (κ1) is 15.4. The van der Waals surface area contributed by atoms with Crippen LogP contribution in [-0.2, 0) is 19.4 Å². The van der Waals surface area contributed by atoms with E-state index in [9.17, 15) is 4.39 Å². The Morgan fingerprint density at radius 2 is 2.15 bits per heavy atom. The van der Waals surface area contributed by atoms with Crippen molar-refractivity contribution in [2.24, 2.45) is 11.7 Å². The van der Waals surface area contributed by atoms with Crippen LogP contribution in [0.3, 0.4) is 0 Å². The predicted octanol–water partition coefficient (Wildman–Crippen LogP) is 4.18. The normalized spacial score (nSPS) is 11.3. The van der Waals surface area contributed by atoms with Crippen LogP contribution in [0.25, 0.3) is 0 Å². The van der Waals surface area contributed by atoms with E-state index in [1.807, 2.05) is 0 Å². The summed E-state index contributed by atoms with van der Waals surface area (Å²) in [4.78, 5) is 5.80. The number of nitrogens with zero attached hydrogens (tertiary/aromatic N) is 1. The third-order valence-corrected chi connectivity index (χ3v) is 4.44. The summed E-state index contributed by atoms with van der Waals surface area (Å²) in [5.41, 5.74) is 7.75. The van der Waals surface area contributed by atoms with Gasteiger partial charge in [-0.2, -0.15) is 0 Å². The molecule has 0 atom stereocenters. The largest absolute Gasteiger partial charge is 0.326 e. The number of halogens is 2. The zero-order valence-electron chi connectivity index (χ0n) is 11.6. The van der Waals surface area contributed by atoms with E-state index >= 15 is 0 Å². The average Bonchev–Trinajstić information content (AvgIpc) is 2.74. The molecule has 0 saturated carbocycles. The third kappa shape index (κ3) is 3.78. The minimum absolute atomic E-state index is 0.318. The van der Waals surface area contributed by atoms with Gasteiger partial charge in [0.2, 0.25) is 0 Å². The second-order valence-corrected chi connectivity index (χ2v) is 6.77. The van der Waals surface area contributed by atoms with Gasteiger partial charge in [-0.25, -0.2) is 9.37 Å². The molecule has 108 valence electrons. The monoisotopic (exact) mass is 312 g/mol. The van der Waals surface area contributed by atoms with E-state index in [0.29, 0.717) is 23.9 Å². The van der Waals surface area contributed by atoms with Crippen LogP contribution in [0.15, 0.2) is 18.2 Å². The van der Waals surface area contributed by atoms with E-state index in [0.717, 1.165) is 27.6 Å². The van der Waals surface area contributed by atoms with Crippen molar-refractivity contribution in [2.45, 2.75) is 33.2 Å². The molecular weight excluding hydrogens is 295 g/mol. The van der Waals surface area contributed by atoms with E-state index in [-0.39, 0.29) is 5.82 Å². The van der Waals surface area contributed by atoms with Crippen molar-refractivity contribution in [3.05, 3.63) is 50.2 Å². The fourth-order valence-electron chi connectivity index (χ4n) is 2.05. The van der Waals surface area contributed by atoms with E-state index in [1.54, 1.807) is 17.4 Å². The van der Waals surface area contributed by atoms with E-state index < -0.39 is 0 Å². The van der Waals surface area contributed by atoms with E-state index in [1.165, 1.54) is 12.1 Å². The van der Waals surface area contributed by atoms with Crippen molar-refractivity contribution >= 4 is 22.9 Å². The Balaban J connectivity index is 2.23. The Morgan fingerprint density at radius 3 is 2.75 bits per heavy atom. The maximum absolute atomic E-state index is 13.0. The average molecular weight is 313 g/mol. The third-order valence-electron chi connectivity index (χ3n) is 2.97. The van der Waals surface area contributed by atoms with Gasteiger partial charge in [0.1, 0.15) is 5.82 Å². The first-order valence-corrected chi connectivity index (χ1v) is 7.80. The smallest absolute Gasteiger partial charge is 0.124 e. The minimum atomic E-state index is -0.318. The van der Waals surface area contributed by atoms with Gasteiger partial charge in [0, 0.05) is 22.9 Å². The second-order valence-electron chi connectivity index (χ2n) is 5.19. The molecule has 0 fully saturated rings. The molecule has 5 heteroatoms. The number of thiazole rings is 1. The highest BCUT2D eigenvalue weighted by molar-refractivity contribution is 7.11. The van der Waals surface area contributed by atoms with Crippen molar-refractivity contribution in [3.8, 4) is 0 Å². The first-order chi connectivity index (χ1) is 9.49. The molecule has 2 rings (SSSR count). The summed E-state index contributed by atoms with van der Waals surface area (Å²) in [6.07, 6.45) is 1.55. The first-order valence-electron chi connectivity index (χ1n) is 6.61. The highest BCUT2D eigenvalue weighted by atomic mass is 35.5. The Morgan fingerprint density at radius 1 is 1.40 bits per heavy atom. The summed E-state index contributed by atoms with van der Waals surface area (Å²) in [7, 11) is 0. The summed E-state index contributed by atoms with van der Waals surface area (Å²) in [5, 5.41) is 1.43. The van der Waals surface area contributed by atoms with Gasteiger partial charge in [-0.1, -0.05) is 31.5 Å². The topological polar surface area (TPSA) is 38.9 Å². The van der Waals surface area contributed by atoms with Crippen LogP contribution in [-0.4, -0.2) is 4.98 Å². The fourth-order valence-corrected chi connectivity index (χ4v) is 3.28. The van der Waals surface area contributed by atoms with Gasteiger partial charge in [0.15, 0.2) is 0 Å². The van der Waals surface area contributed by atoms with Gasteiger partial charge < -0.3 is 5.73 Å². The molecule has 0 bridgehead atoms. The zero-order valence-corrected chi connectivity index (χ0v) is 13.2. The molecule has 2 aromatic rings. The van der Waals surface area contributed by atoms with Crippen molar-refractivity contribution in [1.29, 1.82) is 0 Å². The molecule has 0 unspecified atom stereocenters. The maximum atomic E-state index is 13.0. The number of hydrogen-bond acceptors (Lipinski definition) is 3. The van der Waals surface area contributed by atoms with E-state index in [4.69, 9.17) is 17.3 Å². The summed E-state index contributed by atoms with van der Waals surface area (Å²) in [6, 6.07) is 4.47. The lowest BCUT2D eigenvalue weighted by molar-refractivity contribution is 0.627. The lowest BCUT2D eigenvalue weighted by atomic mass is 10.1. The van der Waals surface area contributed by atoms with Gasteiger partial charge in [-0.05, 0) is 30.0 Å². The predicted molar refractivity (Wildman–Crippen MR) is 82.8 cm³/mol. The van der Waals surface area contributed by atoms with Crippen LogP contribution in [0, 0.1) is 11.7 Å². The van der Waals surface area contributed by atoms with Crippen LogP contribution in [0.2, 0.25) is 5.02 Å². The van der Waals surface area contributed by atoms with Crippen molar-refractivity contribution in [2.75, 3.05) is 0 Å². The number of nitrogens with two attached hydrogens (primary N) is 1. The SMILES string of the molecule is CC(C)Cc1nc(Cc2ccc(F)cc2Cl)sc1CN. The number of aromatic nitrogens is 1. The summed E-state index contributed by atoms with van der Waals surface area (Å²) >= 11 is 7.68. The van der Waals surface area contributed by atoms with Crippen molar-refractivity contribution in [3.63, 3.8) is 0 Å². The second kappa shape index (κ2) is 6.66. The van der Waals surface area contributed by atoms with Gasteiger partial charge in [0.05, 0.1) is 10.7 Å². The van der Waals surface area contributed by atoms with Crippen molar-refractivity contribution < 1.29 is 4.39 Å². The molecule has 0 amide bonds. The Hall–Kier alpha value is -0.970. The Kier molecular flexibility index (Phi) is 5.13. The number of hydrogen-bond donors (Lipinski definition) is 1. The molecule has 0 aliphatic heterocycles. The molecule has 0 radical (unpaired) electrons. The van der Waals surface area contributed by atoms with Crippen LogP contribution < -0.4 is 5.73 Å². The molecule has 0 saturated heterocycles. The maximum Gasteiger partial charge on any atom is 0.124 e. The molecule has 20 heavy (non-hydrogen) atoms. The molecule has 1 aromatic heterocycles. The van der Waals surface area contributed by atoms with Gasteiger partial charge in [0.25, 0.3) is 0 Å². The van der Waals surface area contributed by atoms with Crippen LogP contribution >= 0.6 is 22.9 Å². The molecule has 0 aliphatic rings. The Labute approximate surface area is 127 Å². The number of rotatable bonds is 5. The van der Waals surface area contributed by atoms with E-state index in [2.05, 4.69) is 18.8 Å². The zero-order chi connectivity index (χ0) is 14.7. The highest BCUT2D eigenvalue weighted by Gasteiger charge is 2.13. The summed E-state index contributed by atoms with van der Waals surface area (Å²) < 4.78 is 13.0. The van der Waals surface area contributed by atoms with Crippen molar-refractivity contribution in [1.82, 2.24) is 4.98 Å². The lowest BCUT2D eigenvalue weighted by Crippen LogP contribution is -2.02. The quantitative estimate of drug-likeness (QED) is 0.899. The molecule has 2 nitrogen and oxygen atoms in total.